The molecule has 1 amide bonds. The van der Waals surface area contributed by atoms with E-state index in [0.717, 1.165) is 35.6 Å². The normalized spacial score (nSPS) is 18.1. The third-order valence-corrected chi connectivity index (χ3v) is 5.21. The average molecular weight is 422 g/mol. The summed E-state index contributed by atoms with van der Waals surface area (Å²) in [6.07, 6.45) is 8.57. The van der Waals surface area contributed by atoms with E-state index in [1.807, 2.05) is 18.2 Å². The number of hydrogen-bond acceptors (Lipinski definition) is 6. The number of aliphatic hydroxyl groups excluding tert-OH is 1. The van der Waals surface area contributed by atoms with Crippen LogP contribution in [0.15, 0.2) is 30.0 Å². The van der Waals surface area contributed by atoms with Gasteiger partial charge in [-0.3, -0.25) is 4.79 Å². The van der Waals surface area contributed by atoms with Gasteiger partial charge in [0.1, 0.15) is 17.3 Å². The molecule has 0 saturated heterocycles. The highest BCUT2D eigenvalue weighted by Crippen LogP contribution is 2.34. The quantitative estimate of drug-likeness (QED) is 0.513. The van der Waals surface area contributed by atoms with Crippen LogP contribution in [0.25, 0.3) is 0 Å². The summed E-state index contributed by atoms with van der Waals surface area (Å²) in [6, 6.07) is 5.58. The van der Waals surface area contributed by atoms with E-state index in [-0.39, 0.29) is 25.7 Å². The molecule has 0 aromatic heterocycles. The molecule has 7 nitrogen and oxygen atoms in total. The Balaban J connectivity index is 0.000000253. The summed E-state index contributed by atoms with van der Waals surface area (Å²) in [5, 5.41) is 14.8. The molecule has 1 aliphatic heterocycles. The van der Waals surface area contributed by atoms with Gasteiger partial charge in [-0.15, -0.1) is 0 Å². The molecule has 0 radical (unpaired) electrons. The number of amides is 1. The highest BCUT2D eigenvalue weighted by Gasteiger charge is 2.22. The fourth-order valence-corrected chi connectivity index (χ4v) is 2.84. The Labute approximate surface area is 181 Å². The maximum absolute atomic E-state index is 10.5. The van der Waals surface area contributed by atoms with Gasteiger partial charge < -0.3 is 30.9 Å². The first-order chi connectivity index (χ1) is 14.4. The maximum Gasteiger partial charge on any atom is 0.217 e. The minimum Gasteiger partial charge on any atom is -0.510 e. The molecule has 0 bridgehead atoms. The van der Waals surface area contributed by atoms with Gasteiger partial charge in [0.05, 0.1) is 18.3 Å². The number of rotatable bonds is 6. The molecule has 4 rings (SSSR count). The lowest BCUT2D eigenvalue weighted by Gasteiger charge is -2.18. The second-order valence-corrected chi connectivity index (χ2v) is 8.20. The Kier molecular flexibility index (Phi) is 9.80. The number of fused-ring (bicyclic) bond motifs is 1. The van der Waals surface area contributed by atoms with Crippen LogP contribution in [0.1, 0.15) is 54.3 Å². The first kappa shape index (κ1) is 23.9. The number of ether oxygens (including phenoxy) is 2. The van der Waals surface area contributed by atoms with Crippen LogP contribution in [0.3, 0.4) is 0 Å². The van der Waals surface area contributed by atoms with Gasteiger partial charge in [0.25, 0.3) is 0 Å². The molecule has 1 aromatic carbocycles. The monoisotopic (exact) mass is 421 g/mol. The largest absolute Gasteiger partial charge is 0.510 e. The third-order valence-electron chi connectivity index (χ3n) is 5.21. The van der Waals surface area contributed by atoms with Crippen molar-refractivity contribution in [3.63, 3.8) is 0 Å². The lowest BCUT2D eigenvalue weighted by Crippen LogP contribution is -2.32. The zero-order chi connectivity index (χ0) is 21.9. The van der Waals surface area contributed by atoms with Crippen LogP contribution in [-0.4, -0.2) is 36.9 Å². The first-order valence-corrected chi connectivity index (χ1v) is 10.9. The summed E-state index contributed by atoms with van der Waals surface area (Å²) in [7, 11) is 0. The maximum atomic E-state index is 10.5. The smallest absolute Gasteiger partial charge is 0.217 e. The van der Waals surface area contributed by atoms with Crippen LogP contribution in [0.5, 0.6) is 11.5 Å². The average Bonchev–Trinajstić information content (AvgIpc) is 3.40. The van der Waals surface area contributed by atoms with E-state index < -0.39 is 0 Å². The van der Waals surface area contributed by atoms with Crippen LogP contribution in [-0.2, 0) is 4.79 Å². The van der Waals surface area contributed by atoms with Crippen LogP contribution in [0.2, 0.25) is 0 Å². The van der Waals surface area contributed by atoms with Crippen molar-refractivity contribution in [2.24, 2.45) is 17.6 Å². The number of benzene rings is 1. The van der Waals surface area contributed by atoms with Crippen molar-refractivity contribution in [3.8, 4) is 11.5 Å². The second kappa shape index (κ2) is 12.3. The second-order valence-electron chi connectivity index (χ2n) is 8.20. The Morgan fingerprint density at radius 2 is 2.13 bits per heavy atom. The Hall–Kier alpha value is -2.41. The van der Waals surface area contributed by atoms with Crippen LogP contribution in [0.4, 0.5) is 5.69 Å². The van der Waals surface area contributed by atoms with Gasteiger partial charge in [-0.2, -0.15) is 0 Å². The molecule has 1 aromatic rings. The molecule has 5 N–H and O–H groups in total. The van der Waals surface area contributed by atoms with Gasteiger partial charge in [-0.05, 0) is 49.8 Å². The summed E-state index contributed by atoms with van der Waals surface area (Å²) in [4.78, 5) is 10.5. The van der Waals surface area contributed by atoms with Gasteiger partial charge in [0.2, 0.25) is 5.91 Å². The molecule has 2 fully saturated rings. The highest BCUT2D eigenvalue weighted by molar-refractivity contribution is 5.73. The van der Waals surface area contributed by atoms with Crippen LogP contribution < -0.4 is 25.8 Å². The summed E-state index contributed by atoms with van der Waals surface area (Å²) < 4.78 is 11.0. The minimum atomic E-state index is -0.351. The Morgan fingerprint density at radius 3 is 2.67 bits per heavy atom. The van der Waals surface area contributed by atoms with E-state index in [2.05, 4.69) is 17.6 Å². The third kappa shape index (κ3) is 8.95. The molecular weight excluding hydrogens is 382 g/mol. The van der Waals surface area contributed by atoms with Gasteiger partial charge in [0.15, 0.2) is 6.73 Å². The molecule has 1 atom stereocenters. The Morgan fingerprint density at radius 1 is 1.43 bits per heavy atom. The van der Waals surface area contributed by atoms with Gasteiger partial charge in [0, 0.05) is 21.0 Å². The van der Waals surface area contributed by atoms with Crippen LogP contribution >= 0.6 is 0 Å². The fraction of sp³-hybridized carbons (Fsp3) is 0.609. The van der Waals surface area contributed by atoms with E-state index >= 15 is 0 Å². The number of aliphatic hydroxyl groups is 1. The van der Waals surface area contributed by atoms with Gasteiger partial charge >= 0.3 is 0 Å². The van der Waals surface area contributed by atoms with Crippen molar-refractivity contribution in [2.75, 3.05) is 25.2 Å². The molecular formula is C23H39N3O4. The number of nitrogens with one attached hydrogen (secondary N) is 2. The lowest BCUT2D eigenvalue weighted by molar-refractivity contribution is -0.119. The van der Waals surface area contributed by atoms with Crippen molar-refractivity contribution in [3.05, 3.63) is 30.0 Å². The van der Waals surface area contributed by atoms with E-state index in [1.54, 1.807) is 6.92 Å². The van der Waals surface area contributed by atoms with E-state index in [4.69, 9.17) is 20.3 Å². The van der Waals surface area contributed by atoms with Crippen LogP contribution in [0, 0.1) is 11.8 Å². The van der Waals surface area contributed by atoms with Gasteiger partial charge in [-0.1, -0.05) is 26.2 Å². The lowest BCUT2D eigenvalue weighted by atomic mass is 9.88. The van der Waals surface area contributed by atoms with Gasteiger partial charge in [-0.25, -0.2) is 0 Å². The fourth-order valence-electron chi connectivity index (χ4n) is 2.84. The van der Waals surface area contributed by atoms with E-state index in [1.165, 1.54) is 45.1 Å². The Bertz CT molecular complexity index is 706. The topological polar surface area (TPSA) is 106 Å². The number of hydrogen-bond donors (Lipinski definition) is 4. The number of anilines is 1. The van der Waals surface area contributed by atoms with Crippen molar-refractivity contribution in [2.45, 2.75) is 58.9 Å². The minimum absolute atomic E-state index is 0. The van der Waals surface area contributed by atoms with E-state index in [9.17, 15) is 4.79 Å². The molecule has 3 aliphatic rings. The number of carbonyl (C=O) groups is 1. The predicted octanol–water partition coefficient (Wildman–Crippen LogP) is 4.20. The summed E-state index contributed by atoms with van der Waals surface area (Å²) >= 11 is 0. The molecule has 30 heavy (non-hydrogen) atoms. The standard InChI is InChI=1S/C11H13NO2.C7H14N2O2.C5H10.H2/c1-2-8(1)6-13-9-3-4-11-10(5-9)12-7-14-11;1-5(9-6(2)10)7(11)3-4-8;1-5-3-2-4-5;/h3-5,8,12H,1-2,6-7H2;3,5,11H,4,8H2,1-2H3,(H,9,10);5H,2-4H2,1H3;1H/b;7-3-;;/t;5-;;/m.0../s1. The molecule has 0 spiro atoms. The molecule has 7 heteroatoms. The number of nitrogens with two attached hydrogens (primary N) is 1. The SMILES string of the molecule is CC(=O)N[C@@H](C)/C(O)=C/CN.CC1CCC1.[HH].c1cc2c(cc1OCC1CC1)NCO2. The first-order valence-electron chi connectivity index (χ1n) is 10.9. The molecule has 1 heterocycles. The van der Waals surface area contributed by atoms with Crippen molar-refractivity contribution < 1.29 is 20.8 Å². The summed E-state index contributed by atoms with van der Waals surface area (Å²) in [5.74, 6) is 3.65. The van der Waals surface area contributed by atoms with Crippen molar-refractivity contribution in [1.82, 2.24) is 5.32 Å². The number of carbonyl (C=O) groups excluding carboxylic acids is 1. The van der Waals surface area contributed by atoms with Crippen molar-refractivity contribution >= 4 is 11.6 Å². The summed E-state index contributed by atoms with van der Waals surface area (Å²) in [5.41, 5.74) is 6.19. The molecule has 2 aliphatic carbocycles. The predicted molar refractivity (Wildman–Crippen MR) is 122 cm³/mol. The highest BCUT2D eigenvalue weighted by atomic mass is 16.5. The van der Waals surface area contributed by atoms with E-state index in [0.29, 0.717) is 6.73 Å². The molecule has 170 valence electrons. The van der Waals surface area contributed by atoms with Crippen molar-refractivity contribution in [1.29, 1.82) is 0 Å². The molecule has 0 unspecified atom stereocenters. The zero-order valence-corrected chi connectivity index (χ0v) is 18.4. The zero-order valence-electron chi connectivity index (χ0n) is 18.4. The summed E-state index contributed by atoms with van der Waals surface area (Å²) in [6.45, 7) is 7.09. The molecule has 2 saturated carbocycles.